The van der Waals surface area contributed by atoms with Gasteiger partial charge in [-0.05, 0) is 35.9 Å². The van der Waals surface area contributed by atoms with Gasteiger partial charge in [0.15, 0.2) is 0 Å². The summed E-state index contributed by atoms with van der Waals surface area (Å²) in [5, 5.41) is 2.99. The van der Waals surface area contributed by atoms with Crippen molar-refractivity contribution >= 4 is 17.7 Å². The molecule has 3 rings (SSSR count). The second kappa shape index (κ2) is 8.99. The van der Waals surface area contributed by atoms with Crippen molar-refractivity contribution in [3.05, 3.63) is 78.8 Å². The van der Waals surface area contributed by atoms with Crippen LogP contribution in [0.1, 0.15) is 12.0 Å². The first kappa shape index (κ1) is 17.2. The van der Waals surface area contributed by atoms with Gasteiger partial charge in [0.05, 0.1) is 5.69 Å². The summed E-state index contributed by atoms with van der Waals surface area (Å²) in [5.41, 5.74) is 2.88. The molecular formula is C20H19N3OS. The molecule has 0 aliphatic carbocycles. The molecule has 0 aliphatic rings. The zero-order valence-electron chi connectivity index (χ0n) is 13.8. The van der Waals surface area contributed by atoms with Crippen LogP contribution >= 0.6 is 11.8 Å². The molecule has 1 aromatic carbocycles. The first-order valence-corrected chi connectivity index (χ1v) is 9.10. The molecule has 1 amide bonds. The predicted octanol–water partition coefficient (Wildman–Crippen LogP) is 3.94. The first-order valence-electron chi connectivity index (χ1n) is 8.12. The molecule has 2 heterocycles. The Balaban J connectivity index is 1.52. The average Bonchev–Trinajstić information content (AvgIpc) is 2.68. The van der Waals surface area contributed by atoms with Gasteiger partial charge in [-0.2, -0.15) is 0 Å². The van der Waals surface area contributed by atoms with Gasteiger partial charge in [-0.1, -0.05) is 24.3 Å². The van der Waals surface area contributed by atoms with Gasteiger partial charge < -0.3 is 5.32 Å². The number of hydrogen-bond donors (Lipinski definition) is 1. The van der Waals surface area contributed by atoms with Gasteiger partial charge in [-0.25, -0.2) is 0 Å². The molecule has 3 aromatic rings. The average molecular weight is 349 g/mol. The predicted molar refractivity (Wildman–Crippen MR) is 101 cm³/mol. The van der Waals surface area contributed by atoms with E-state index in [4.69, 9.17) is 0 Å². The van der Waals surface area contributed by atoms with Crippen molar-refractivity contribution in [1.29, 1.82) is 0 Å². The number of carbonyl (C=O) groups is 1. The topological polar surface area (TPSA) is 54.9 Å². The minimum Gasteiger partial charge on any atom is -0.352 e. The fraction of sp³-hybridized carbons (Fsp3) is 0.150. The van der Waals surface area contributed by atoms with Crippen molar-refractivity contribution in [2.45, 2.75) is 17.9 Å². The molecule has 0 aliphatic heterocycles. The number of hydrogen-bond acceptors (Lipinski definition) is 4. The lowest BCUT2D eigenvalue weighted by atomic mass is 10.1. The summed E-state index contributed by atoms with van der Waals surface area (Å²) >= 11 is 1.69. The number of amides is 1. The number of pyridine rings is 2. The SMILES string of the molecule is O=C(CCSc1ccccc1)NCc1cccnc1-c1ccncc1. The highest BCUT2D eigenvalue weighted by molar-refractivity contribution is 7.99. The number of nitrogens with zero attached hydrogens (tertiary/aromatic N) is 2. The monoisotopic (exact) mass is 349 g/mol. The zero-order valence-corrected chi connectivity index (χ0v) is 14.6. The van der Waals surface area contributed by atoms with E-state index in [1.165, 1.54) is 4.90 Å². The summed E-state index contributed by atoms with van der Waals surface area (Å²) in [6, 6.07) is 17.8. The molecule has 1 N–H and O–H groups in total. The molecule has 0 saturated carbocycles. The number of thioether (sulfide) groups is 1. The Morgan fingerprint density at radius 3 is 2.56 bits per heavy atom. The molecular weight excluding hydrogens is 330 g/mol. The number of aromatic nitrogens is 2. The van der Waals surface area contributed by atoms with E-state index in [0.717, 1.165) is 22.6 Å². The number of rotatable bonds is 7. The highest BCUT2D eigenvalue weighted by Gasteiger charge is 2.08. The Morgan fingerprint density at radius 1 is 0.960 bits per heavy atom. The van der Waals surface area contributed by atoms with Crippen LogP contribution in [0.15, 0.2) is 78.1 Å². The third-order valence-electron chi connectivity index (χ3n) is 3.66. The van der Waals surface area contributed by atoms with Crippen LogP contribution in [0.2, 0.25) is 0 Å². The van der Waals surface area contributed by atoms with E-state index < -0.39 is 0 Å². The third-order valence-corrected chi connectivity index (χ3v) is 4.68. The summed E-state index contributed by atoms with van der Waals surface area (Å²) in [7, 11) is 0. The minimum absolute atomic E-state index is 0.0490. The van der Waals surface area contributed by atoms with E-state index in [9.17, 15) is 4.79 Å². The lowest BCUT2D eigenvalue weighted by molar-refractivity contribution is -0.120. The largest absolute Gasteiger partial charge is 0.352 e. The van der Waals surface area contributed by atoms with E-state index in [1.807, 2.05) is 42.5 Å². The Hall–Kier alpha value is -2.66. The van der Waals surface area contributed by atoms with Gasteiger partial charge in [0.1, 0.15) is 0 Å². The Bertz CT molecular complexity index is 809. The Morgan fingerprint density at radius 2 is 1.76 bits per heavy atom. The van der Waals surface area contributed by atoms with Crippen LogP contribution in [0.3, 0.4) is 0 Å². The van der Waals surface area contributed by atoms with Gasteiger partial charge in [0, 0.05) is 47.8 Å². The van der Waals surface area contributed by atoms with Gasteiger partial charge in [-0.15, -0.1) is 11.8 Å². The van der Waals surface area contributed by atoms with Crippen LogP contribution in [0, 0.1) is 0 Å². The second-order valence-corrected chi connectivity index (χ2v) is 6.60. The summed E-state index contributed by atoms with van der Waals surface area (Å²) < 4.78 is 0. The normalized spacial score (nSPS) is 10.4. The van der Waals surface area contributed by atoms with Crippen molar-refractivity contribution in [1.82, 2.24) is 15.3 Å². The van der Waals surface area contributed by atoms with Gasteiger partial charge in [0.25, 0.3) is 0 Å². The molecule has 0 saturated heterocycles. The van der Waals surface area contributed by atoms with Gasteiger partial charge in [0.2, 0.25) is 5.91 Å². The van der Waals surface area contributed by atoms with Crippen molar-refractivity contribution in [3.63, 3.8) is 0 Å². The quantitative estimate of drug-likeness (QED) is 0.657. The maximum atomic E-state index is 12.1. The number of carbonyl (C=O) groups excluding carboxylic acids is 1. The summed E-state index contributed by atoms with van der Waals surface area (Å²) in [4.78, 5) is 21.8. The molecule has 2 aromatic heterocycles. The molecule has 5 heteroatoms. The van der Waals surface area contributed by atoms with Crippen molar-refractivity contribution < 1.29 is 4.79 Å². The van der Waals surface area contributed by atoms with Crippen LogP contribution in [0.5, 0.6) is 0 Å². The van der Waals surface area contributed by atoms with E-state index in [-0.39, 0.29) is 5.91 Å². The minimum atomic E-state index is 0.0490. The fourth-order valence-corrected chi connectivity index (χ4v) is 3.28. The maximum Gasteiger partial charge on any atom is 0.221 e. The molecule has 0 spiro atoms. The van der Waals surface area contributed by atoms with Crippen LogP contribution in [-0.4, -0.2) is 21.6 Å². The highest BCUT2D eigenvalue weighted by Crippen LogP contribution is 2.20. The molecule has 25 heavy (non-hydrogen) atoms. The van der Waals surface area contributed by atoms with E-state index in [2.05, 4.69) is 27.4 Å². The van der Waals surface area contributed by atoms with E-state index in [0.29, 0.717) is 13.0 Å². The number of nitrogens with one attached hydrogen (secondary N) is 1. The fourth-order valence-electron chi connectivity index (χ4n) is 2.41. The molecule has 0 fully saturated rings. The smallest absolute Gasteiger partial charge is 0.221 e. The van der Waals surface area contributed by atoms with Crippen molar-refractivity contribution in [2.75, 3.05) is 5.75 Å². The lowest BCUT2D eigenvalue weighted by Gasteiger charge is -2.10. The van der Waals surface area contributed by atoms with Crippen LogP contribution in [0.4, 0.5) is 0 Å². The Kier molecular flexibility index (Phi) is 6.17. The summed E-state index contributed by atoms with van der Waals surface area (Å²) in [6.07, 6.45) is 5.74. The van der Waals surface area contributed by atoms with Gasteiger partial charge in [-0.3, -0.25) is 14.8 Å². The van der Waals surface area contributed by atoms with Crippen LogP contribution < -0.4 is 5.32 Å². The molecule has 4 nitrogen and oxygen atoms in total. The first-order chi connectivity index (χ1) is 12.3. The standard InChI is InChI=1S/C20H19N3OS/c24-19(10-14-25-18-6-2-1-3-7-18)23-15-17-5-4-11-22-20(17)16-8-12-21-13-9-16/h1-9,11-13H,10,14-15H2,(H,23,24). The van der Waals surface area contributed by atoms with Crippen LogP contribution in [-0.2, 0) is 11.3 Å². The van der Waals surface area contributed by atoms with E-state index in [1.54, 1.807) is 30.4 Å². The van der Waals surface area contributed by atoms with E-state index >= 15 is 0 Å². The van der Waals surface area contributed by atoms with Crippen molar-refractivity contribution in [2.24, 2.45) is 0 Å². The summed E-state index contributed by atoms with van der Waals surface area (Å²) in [5.74, 6) is 0.813. The Labute approximate surface area is 151 Å². The number of benzene rings is 1. The summed E-state index contributed by atoms with van der Waals surface area (Å²) in [6.45, 7) is 0.473. The molecule has 0 atom stereocenters. The lowest BCUT2D eigenvalue weighted by Crippen LogP contribution is -2.23. The molecule has 0 radical (unpaired) electrons. The zero-order chi connectivity index (χ0) is 17.3. The highest BCUT2D eigenvalue weighted by atomic mass is 32.2. The van der Waals surface area contributed by atoms with Crippen LogP contribution in [0.25, 0.3) is 11.3 Å². The second-order valence-electron chi connectivity index (χ2n) is 5.44. The van der Waals surface area contributed by atoms with Crippen molar-refractivity contribution in [3.8, 4) is 11.3 Å². The maximum absolute atomic E-state index is 12.1. The molecule has 0 bridgehead atoms. The molecule has 0 unspecified atom stereocenters. The van der Waals surface area contributed by atoms with Gasteiger partial charge >= 0.3 is 0 Å². The molecule has 126 valence electrons. The third kappa shape index (κ3) is 5.16.